The molecular formula is C22H24N2O4. The summed E-state index contributed by atoms with van der Waals surface area (Å²) in [7, 11) is 5.49. The summed E-state index contributed by atoms with van der Waals surface area (Å²) in [6, 6.07) is 14.1. The van der Waals surface area contributed by atoms with Crippen LogP contribution in [0.25, 0.3) is 11.0 Å². The minimum Gasteiger partial charge on any atom is -0.496 e. The molecule has 6 heteroatoms. The van der Waals surface area contributed by atoms with Crippen LogP contribution in [0, 0.1) is 6.92 Å². The molecule has 0 bridgehead atoms. The standard InChI is InChI=1S/C22H24N2O4/c1-14-9-10-20-16(11-14)18(25)12-21(28-20)22(26)23-13-17(24(2)3)15-7-5-6-8-19(15)27-4/h5-12,17H,13H2,1-4H3,(H,23,26)/t17-/m1/s1. The molecule has 0 aliphatic rings. The summed E-state index contributed by atoms with van der Waals surface area (Å²) in [6.07, 6.45) is 0. The number of nitrogens with zero attached hydrogens (tertiary/aromatic N) is 1. The van der Waals surface area contributed by atoms with E-state index in [9.17, 15) is 9.59 Å². The van der Waals surface area contributed by atoms with Gasteiger partial charge in [-0.2, -0.15) is 0 Å². The minimum atomic E-state index is -0.429. The van der Waals surface area contributed by atoms with Gasteiger partial charge >= 0.3 is 0 Å². The molecule has 0 saturated heterocycles. The first kappa shape index (κ1) is 19.6. The molecule has 1 N–H and O–H groups in total. The average Bonchev–Trinajstić information content (AvgIpc) is 2.68. The van der Waals surface area contributed by atoms with Gasteiger partial charge in [0.15, 0.2) is 11.2 Å². The molecule has 3 rings (SSSR count). The third-order valence-electron chi connectivity index (χ3n) is 4.68. The average molecular weight is 380 g/mol. The highest BCUT2D eigenvalue weighted by molar-refractivity contribution is 5.93. The van der Waals surface area contributed by atoms with Crippen molar-refractivity contribution >= 4 is 16.9 Å². The molecule has 1 amide bonds. The molecule has 0 radical (unpaired) electrons. The van der Waals surface area contributed by atoms with Gasteiger partial charge in [-0.1, -0.05) is 29.8 Å². The van der Waals surface area contributed by atoms with Gasteiger partial charge in [0.1, 0.15) is 11.3 Å². The number of carbonyl (C=O) groups excluding carboxylic acids is 1. The quantitative estimate of drug-likeness (QED) is 0.711. The number of fused-ring (bicyclic) bond motifs is 1. The summed E-state index contributed by atoms with van der Waals surface area (Å²) in [6.45, 7) is 2.24. The molecule has 28 heavy (non-hydrogen) atoms. The molecule has 0 aliphatic carbocycles. The van der Waals surface area contributed by atoms with E-state index in [-0.39, 0.29) is 17.2 Å². The van der Waals surface area contributed by atoms with E-state index in [0.717, 1.165) is 16.9 Å². The topological polar surface area (TPSA) is 71.8 Å². The van der Waals surface area contributed by atoms with Crippen LogP contribution in [0.4, 0.5) is 0 Å². The molecule has 1 atom stereocenters. The van der Waals surface area contributed by atoms with Crippen molar-refractivity contribution < 1.29 is 13.9 Å². The first-order valence-electron chi connectivity index (χ1n) is 9.02. The first-order valence-corrected chi connectivity index (χ1v) is 9.02. The molecule has 0 spiro atoms. The number of aryl methyl sites for hydroxylation is 1. The minimum absolute atomic E-state index is 0.00103. The van der Waals surface area contributed by atoms with Gasteiger partial charge in [0, 0.05) is 18.2 Å². The highest BCUT2D eigenvalue weighted by atomic mass is 16.5. The molecule has 6 nitrogen and oxygen atoms in total. The maximum absolute atomic E-state index is 12.6. The first-order chi connectivity index (χ1) is 13.4. The fourth-order valence-electron chi connectivity index (χ4n) is 3.17. The lowest BCUT2D eigenvalue weighted by Crippen LogP contribution is -2.35. The van der Waals surface area contributed by atoms with Crippen LogP contribution >= 0.6 is 0 Å². The maximum atomic E-state index is 12.6. The Morgan fingerprint density at radius 3 is 2.64 bits per heavy atom. The number of carbonyl (C=O) groups is 1. The van der Waals surface area contributed by atoms with Crippen molar-refractivity contribution in [1.29, 1.82) is 0 Å². The number of benzene rings is 2. The van der Waals surface area contributed by atoms with E-state index < -0.39 is 5.91 Å². The summed E-state index contributed by atoms with van der Waals surface area (Å²) in [4.78, 5) is 27.0. The van der Waals surface area contributed by atoms with Gasteiger partial charge in [0.05, 0.1) is 18.5 Å². The van der Waals surface area contributed by atoms with Crippen molar-refractivity contribution in [2.75, 3.05) is 27.7 Å². The lowest BCUT2D eigenvalue weighted by atomic mass is 10.0. The summed E-state index contributed by atoms with van der Waals surface area (Å²) in [5.74, 6) is 0.322. The van der Waals surface area contributed by atoms with Crippen LogP contribution in [0.5, 0.6) is 5.75 Å². The zero-order valence-electron chi connectivity index (χ0n) is 16.5. The Hall–Kier alpha value is -3.12. The number of rotatable bonds is 6. The normalized spacial score (nSPS) is 12.2. The second-order valence-electron chi connectivity index (χ2n) is 6.91. The van der Waals surface area contributed by atoms with Crippen molar-refractivity contribution in [2.45, 2.75) is 13.0 Å². The highest BCUT2D eigenvalue weighted by Gasteiger charge is 2.20. The van der Waals surface area contributed by atoms with Crippen LogP contribution in [0.2, 0.25) is 0 Å². The largest absolute Gasteiger partial charge is 0.496 e. The molecule has 1 heterocycles. The van der Waals surface area contributed by atoms with Crippen LogP contribution in [0.3, 0.4) is 0 Å². The van der Waals surface area contributed by atoms with Gasteiger partial charge in [-0.3, -0.25) is 9.59 Å². The Kier molecular flexibility index (Phi) is 5.80. The van der Waals surface area contributed by atoms with Crippen LogP contribution in [0.15, 0.2) is 57.7 Å². The third-order valence-corrected chi connectivity index (χ3v) is 4.68. The lowest BCUT2D eigenvalue weighted by Gasteiger charge is -2.26. The predicted octanol–water partition coefficient (Wildman–Crippen LogP) is 3.14. The maximum Gasteiger partial charge on any atom is 0.287 e. The molecule has 2 aromatic carbocycles. The molecule has 0 saturated carbocycles. The number of para-hydroxylation sites is 1. The van der Waals surface area contributed by atoms with E-state index in [1.807, 2.05) is 56.3 Å². The number of methoxy groups -OCH3 is 1. The number of hydrogen-bond donors (Lipinski definition) is 1. The monoisotopic (exact) mass is 380 g/mol. The van der Waals surface area contributed by atoms with Crippen LogP contribution < -0.4 is 15.5 Å². The molecule has 146 valence electrons. The van der Waals surface area contributed by atoms with Gasteiger partial charge in [0.2, 0.25) is 0 Å². The van der Waals surface area contributed by atoms with E-state index in [4.69, 9.17) is 9.15 Å². The van der Waals surface area contributed by atoms with Crippen molar-refractivity contribution in [3.8, 4) is 5.75 Å². The van der Waals surface area contributed by atoms with E-state index in [2.05, 4.69) is 5.32 Å². The number of likely N-dealkylation sites (N-methyl/N-ethyl adjacent to an activating group) is 1. The summed E-state index contributed by atoms with van der Waals surface area (Å²) >= 11 is 0. The second-order valence-corrected chi connectivity index (χ2v) is 6.91. The molecule has 1 aromatic heterocycles. The highest BCUT2D eigenvalue weighted by Crippen LogP contribution is 2.27. The van der Waals surface area contributed by atoms with Crippen LogP contribution in [-0.2, 0) is 0 Å². The van der Waals surface area contributed by atoms with E-state index in [1.54, 1.807) is 19.2 Å². The number of ether oxygens (including phenoxy) is 1. The van der Waals surface area contributed by atoms with Crippen molar-refractivity contribution in [2.24, 2.45) is 0 Å². The summed E-state index contributed by atoms with van der Waals surface area (Å²) in [5.41, 5.74) is 2.09. The molecule has 3 aromatic rings. The van der Waals surface area contributed by atoms with Gasteiger partial charge in [-0.15, -0.1) is 0 Å². The Labute approximate surface area is 163 Å². The molecule has 0 aliphatic heterocycles. The Morgan fingerprint density at radius 1 is 1.18 bits per heavy atom. The summed E-state index contributed by atoms with van der Waals surface area (Å²) < 4.78 is 11.1. The van der Waals surface area contributed by atoms with Crippen LogP contribution in [-0.4, -0.2) is 38.6 Å². The smallest absolute Gasteiger partial charge is 0.287 e. The van der Waals surface area contributed by atoms with E-state index in [0.29, 0.717) is 17.5 Å². The van der Waals surface area contributed by atoms with Gasteiger partial charge in [-0.25, -0.2) is 0 Å². The van der Waals surface area contributed by atoms with Gasteiger partial charge < -0.3 is 19.4 Å². The van der Waals surface area contributed by atoms with E-state index >= 15 is 0 Å². The Bertz CT molecular complexity index is 1060. The van der Waals surface area contributed by atoms with E-state index in [1.165, 1.54) is 6.07 Å². The second kappa shape index (κ2) is 8.27. The fourth-order valence-corrected chi connectivity index (χ4v) is 3.17. The Balaban J connectivity index is 1.83. The SMILES string of the molecule is COc1ccccc1[C@@H](CNC(=O)c1cc(=O)c2cc(C)ccc2o1)N(C)C. The zero-order valence-corrected chi connectivity index (χ0v) is 16.5. The van der Waals surface area contributed by atoms with Crippen molar-refractivity contribution in [3.05, 3.63) is 75.6 Å². The fraction of sp³-hybridized carbons (Fsp3) is 0.273. The number of hydrogen-bond acceptors (Lipinski definition) is 5. The lowest BCUT2D eigenvalue weighted by molar-refractivity contribution is 0.0914. The molecule has 0 fully saturated rings. The summed E-state index contributed by atoms with van der Waals surface area (Å²) in [5, 5.41) is 3.33. The molecule has 0 unspecified atom stereocenters. The van der Waals surface area contributed by atoms with Gasteiger partial charge in [0.25, 0.3) is 5.91 Å². The van der Waals surface area contributed by atoms with Crippen molar-refractivity contribution in [3.63, 3.8) is 0 Å². The Morgan fingerprint density at radius 2 is 1.93 bits per heavy atom. The van der Waals surface area contributed by atoms with Crippen molar-refractivity contribution in [1.82, 2.24) is 10.2 Å². The number of amides is 1. The zero-order chi connectivity index (χ0) is 20.3. The van der Waals surface area contributed by atoms with Crippen LogP contribution in [0.1, 0.15) is 27.7 Å². The molecular weight excluding hydrogens is 356 g/mol. The van der Waals surface area contributed by atoms with Gasteiger partial charge in [-0.05, 0) is 39.2 Å². The third kappa shape index (κ3) is 4.07. The predicted molar refractivity (Wildman–Crippen MR) is 109 cm³/mol. The number of nitrogens with one attached hydrogen (secondary N) is 1.